The van der Waals surface area contributed by atoms with Crippen LogP contribution in [0.15, 0.2) is 55.4 Å². The zero-order valence-electron chi connectivity index (χ0n) is 19.8. The maximum absolute atomic E-state index is 11.8. The number of allylic oxidation sites excluding steroid dienone is 2. The van der Waals surface area contributed by atoms with Crippen molar-refractivity contribution in [3.63, 3.8) is 0 Å². The standard InChI is InChI=1S/C26H29ClN4O3/c1-6-8-23(31(4)5)20-11-16(2)30-25-19(20)9-7-10-24(25)34-15-21-18(12-28-14-22(21)27)13-29-26(33)17(3)32/h6-12,14,17,32H,1,13,15H2,2-5H3,(H,29,33)/b23-8-. The Balaban J connectivity index is 1.96. The van der Waals surface area contributed by atoms with Gasteiger partial charge in [0, 0.05) is 60.9 Å². The summed E-state index contributed by atoms with van der Waals surface area (Å²) in [7, 11) is 3.97. The number of aromatic nitrogens is 2. The van der Waals surface area contributed by atoms with Crippen LogP contribution in [-0.4, -0.2) is 46.1 Å². The first-order chi connectivity index (χ1) is 16.2. The number of aliphatic hydroxyl groups is 1. The van der Waals surface area contributed by atoms with Gasteiger partial charge in [-0.2, -0.15) is 0 Å². The molecule has 0 aliphatic rings. The monoisotopic (exact) mass is 480 g/mol. The molecule has 0 saturated heterocycles. The number of amides is 1. The minimum Gasteiger partial charge on any atom is -0.487 e. The molecule has 0 bridgehead atoms. The summed E-state index contributed by atoms with van der Waals surface area (Å²) in [5.41, 5.74) is 5.04. The van der Waals surface area contributed by atoms with Crippen LogP contribution in [0.25, 0.3) is 16.6 Å². The van der Waals surface area contributed by atoms with Gasteiger partial charge in [-0.3, -0.25) is 9.78 Å². The van der Waals surface area contributed by atoms with Crippen LogP contribution < -0.4 is 10.1 Å². The lowest BCUT2D eigenvalue weighted by atomic mass is 10.0. The molecule has 1 atom stereocenters. The number of carbonyl (C=O) groups is 1. The number of halogens is 1. The van der Waals surface area contributed by atoms with Gasteiger partial charge in [0.25, 0.3) is 0 Å². The van der Waals surface area contributed by atoms with Crippen molar-refractivity contribution in [1.29, 1.82) is 0 Å². The second kappa shape index (κ2) is 11.1. The van der Waals surface area contributed by atoms with Crippen LogP contribution in [0.5, 0.6) is 5.75 Å². The second-order valence-electron chi connectivity index (χ2n) is 8.09. The summed E-state index contributed by atoms with van der Waals surface area (Å²) in [6, 6.07) is 7.86. The van der Waals surface area contributed by atoms with Crippen LogP contribution in [0.3, 0.4) is 0 Å². The Morgan fingerprint density at radius 1 is 1.35 bits per heavy atom. The summed E-state index contributed by atoms with van der Waals surface area (Å²) in [5.74, 6) is 0.142. The number of hydrogen-bond donors (Lipinski definition) is 2. The molecule has 0 radical (unpaired) electrons. The van der Waals surface area contributed by atoms with E-state index in [0.717, 1.165) is 27.9 Å². The fraction of sp³-hybridized carbons (Fsp3) is 0.269. The lowest BCUT2D eigenvalue weighted by Crippen LogP contribution is -2.32. The number of rotatable bonds is 9. The Hall–Kier alpha value is -3.42. The van der Waals surface area contributed by atoms with Crippen molar-refractivity contribution in [1.82, 2.24) is 20.2 Å². The van der Waals surface area contributed by atoms with E-state index in [1.807, 2.05) is 56.3 Å². The lowest BCUT2D eigenvalue weighted by molar-refractivity contribution is -0.128. The molecule has 0 saturated carbocycles. The average Bonchev–Trinajstić information content (AvgIpc) is 2.79. The number of para-hydroxylation sites is 1. The highest BCUT2D eigenvalue weighted by molar-refractivity contribution is 6.31. The first kappa shape index (κ1) is 25.2. The van der Waals surface area contributed by atoms with Crippen molar-refractivity contribution in [3.05, 3.63) is 82.8 Å². The van der Waals surface area contributed by atoms with Gasteiger partial charge in [0.1, 0.15) is 24.0 Å². The Kier molecular flexibility index (Phi) is 8.26. The van der Waals surface area contributed by atoms with E-state index in [-0.39, 0.29) is 13.2 Å². The second-order valence-corrected chi connectivity index (χ2v) is 8.49. The molecular formula is C26H29ClN4O3. The first-order valence-corrected chi connectivity index (χ1v) is 11.2. The van der Waals surface area contributed by atoms with E-state index in [0.29, 0.717) is 21.9 Å². The van der Waals surface area contributed by atoms with Crippen molar-refractivity contribution < 1.29 is 14.6 Å². The summed E-state index contributed by atoms with van der Waals surface area (Å²) in [6.07, 6.45) is 5.79. The summed E-state index contributed by atoms with van der Waals surface area (Å²) in [5, 5.41) is 13.5. The van der Waals surface area contributed by atoms with E-state index in [2.05, 4.69) is 16.9 Å². The number of hydrogen-bond acceptors (Lipinski definition) is 6. The number of benzene rings is 1. The van der Waals surface area contributed by atoms with E-state index >= 15 is 0 Å². The van der Waals surface area contributed by atoms with Crippen molar-refractivity contribution >= 4 is 34.1 Å². The third-order valence-corrected chi connectivity index (χ3v) is 5.59. The molecule has 0 fully saturated rings. The average molecular weight is 481 g/mol. The molecule has 0 aliphatic heterocycles. The number of carbonyl (C=O) groups excluding carboxylic acids is 1. The van der Waals surface area contributed by atoms with Crippen LogP contribution in [0.1, 0.15) is 29.3 Å². The van der Waals surface area contributed by atoms with Crippen LogP contribution in [0.2, 0.25) is 5.02 Å². The molecule has 178 valence electrons. The maximum Gasteiger partial charge on any atom is 0.248 e. The summed E-state index contributed by atoms with van der Waals surface area (Å²) < 4.78 is 6.20. The van der Waals surface area contributed by atoms with E-state index < -0.39 is 12.0 Å². The van der Waals surface area contributed by atoms with E-state index in [1.165, 1.54) is 13.1 Å². The third-order valence-electron chi connectivity index (χ3n) is 5.26. The molecule has 2 N–H and O–H groups in total. The van der Waals surface area contributed by atoms with Gasteiger partial charge in [-0.15, -0.1) is 0 Å². The van der Waals surface area contributed by atoms with E-state index in [9.17, 15) is 9.90 Å². The molecule has 3 rings (SSSR count). The molecule has 34 heavy (non-hydrogen) atoms. The molecule has 2 heterocycles. The van der Waals surface area contributed by atoms with Gasteiger partial charge in [-0.05, 0) is 37.6 Å². The van der Waals surface area contributed by atoms with Crippen LogP contribution >= 0.6 is 11.6 Å². The zero-order chi connectivity index (χ0) is 24.8. The number of nitrogens with zero attached hydrogens (tertiary/aromatic N) is 3. The molecule has 2 aromatic heterocycles. The smallest absolute Gasteiger partial charge is 0.248 e. The Morgan fingerprint density at radius 3 is 2.79 bits per heavy atom. The molecule has 1 amide bonds. The molecule has 1 aromatic carbocycles. The molecule has 8 heteroatoms. The molecule has 0 spiro atoms. The van der Waals surface area contributed by atoms with Crippen LogP contribution in [0, 0.1) is 6.92 Å². The summed E-state index contributed by atoms with van der Waals surface area (Å²) in [6.45, 7) is 7.53. The first-order valence-electron chi connectivity index (χ1n) is 10.8. The van der Waals surface area contributed by atoms with Crippen molar-refractivity contribution in [2.75, 3.05) is 14.1 Å². The summed E-state index contributed by atoms with van der Waals surface area (Å²) in [4.78, 5) is 22.7. The third kappa shape index (κ3) is 5.73. The molecule has 1 unspecified atom stereocenters. The summed E-state index contributed by atoms with van der Waals surface area (Å²) >= 11 is 6.41. The fourth-order valence-corrected chi connectivity index (χ4v) is 3.80. The lowest BCUT2D eigenvalue weighted by Gasteiger charge is -2.20. The van der Waals surface area contributed by atoms with Gasteiger partial charge in [0.05, 0.1) is 5.02 Å². The SMILES string of the molecule is C=C/C=C(/c1cc(C)nc2c(OCc3c(Cl)cncc3CNC(=O)C(C)O)cccc12)N(C)C. The number of aryl methyl sites for hydroxylation is 1. The van der Waals surface area contributed by atoms with Crippen molar-refractivity contribution in [2.24, 2.45) is 0 Å². The minimum atomic E-state index is -1.10. The molecule has 3 aromatic rings. The molecular weight excluding hydrogens is 452 g/mol. The number of pyridine rings is 2. The van der Waals surface area contributed by atoms with Crippen molar-refractivity contribution in [3.8, 4) is 5.75 Å². The van der Waals surface area contributed by atoms with Gasteiger partial charge in [-0.1, -0.05) is 36.4 Å². The van der Waals surface area contributed by atoms with Gasteiger partial charge >= 0.3 is 0 Å². The van der Waals surface area contributed by atoms with Crippen LogP contribution in [0.4, 0.5) is 0 Å². The normalized spacial score (nSPS) is 12.4. The Morgan fingerprint density at radius 2 is 2.12 bits per heavy atom. The van der Waals surface area contributed by atoms with Crippen molar-refractivity contribution in [2.45, 2.75) is 33.1 Å². The molecule has 0 aliphatic carbocycles. The van der Waals surface area contributed by atoms with E-state index in [4.69, 9.17) is 21.3 Å². The largest absolute Gasteiger partial charge is 0.487 e. The van der Waals surface area contributed by atoms with Gasteiger partial charge in [-0.25, -0.2) is 4.98 Å². The highest BCUT2D eigenvalue weighted by Crippen LogP contribution is 2.32. The number of ether oxygens (including phenoxy) is 1. The quantitative estimate of drug-likeness (QED) is 0.445. The number of fused-ring (bicyclic) bond motifs is 1. The maximum atomic E-state index is 11.8. The fourth-order valence-electron chi connectivity index (χ4n) is 3.57. The van der Waals surface area contributed by atoms with Gasteiger partial charge in [0.2, 0.25) is 5.91 Å². The predicted molar refractivity (Wildman–Crippen MR) is 135 cm³/mol. The minimum absolute atomic E-state index is 0.161. The highest BCUT2D eigenvalue weighted by atomic mass is 35.5. The van der Waals surface area contributed by atoms with E-state index in [1.54, 1.807) is 12.3 Å². The Bertz CT molecular complexity index is 1240. The zero-order valence-corrected chi connectivity index (χ0v) is 20.6. The van der Waals surface area contributed by atoms with Gasteiger partial charge in [0.15, 0.2) is 0 Å². The number of nitrogens with one attached hydrogen (secondary N) is 1. The highest BCUT2D eigenvalue weighted by Gasteiger charge is 2.16. The predicted octanol–water partition coefficient (Wildman–Crippen LogP) is 4.26. The Labute approximate surface area is 204 Å². The number of aliphatic hydroxyl groups excluding tert-OH is 1. The van der Waals surface area contributed by atoms with Crippen LogP contribution in [-0.2, 0) is 17.9 Å². The topological polar surface area (TPSA) is 87.6 Å². The van der Waals surface area contributed by atoms with Gasteiger partial charge < -0.3 is 20.1 Å². The molecule has 7 nitrogen and oxygen atoms in total.